The van der Waals surface area contributed by atoms with Crippen molar-refractivity contribution < 1.29 is 14.4 Å². The largest absolute Gasteiger partial charge is 0.352 e. The molecule has 5 nitrogen and oxygen atoms in total. The third-order valence-corrected chi connectivity index (χ3v) is 7.31. The fourth-order valence-electron chi connectivity index (χ4n) is 5.32. The van der Waals surface area contributed by atoms with Crippen molar-refractivity contribution in [2.45, 2.75) is 25.4 Å². The van der Waals surface area contributed by atoms with Crippen molar-refractivity contribution in [3.8, 4) is 0 Å². The van der Waals surface area contributed by atoms with Gasteiger partial charge in [0.2, 0.25) is 17.7 Å². The predicted octanol–water partition coefficient (Wildman–Crippen LogP) is 4.00. The molecule has 3 amide bonds. The minimum Gasteiger partial charge on any atom is -0.352 e. The van der Waals surface area contributed by atoms with Crippen LogP contribution in [-0.4, -0.2) is 22.6 Å². The lowest BCUT2D eigenvalue weighted by atomic mass is 9.85. The second-order valence-electron chi connectivity index (χ2n) is 8.58. The predicted molar refractivity (Wildman–Crippen MR) is 119 cm³/mol. The van der Waals surface area contributed by atoms with Crippen LogP contribution in [0.25, 0.3) is 0 Å². The molecule has 2 aromatic rings. The maximum atomic E-state index is 13.4. The van der Waals surface area contributed by atoms with E-state index in [9.17, 15) is 14.4 Å². The summed E-state index contributed by atoms with van der Waals surface area (Å²) in [6, 6.07) is 16.6. The molecule has 1 aliphatic heterocycles. The molecular weight excluding hydrogens is 456 g/mol. The van der Waals surface area contributed by atoms with E-state index in [1.807, 2.05) is 54.6 Å². The molecule has 0 aromatic heterocycles. The van der Waals surface area contributed by atoms with E-state index in [2.05, 4.69) is 33.4 Å². The number of nitrogens with one attached hydrogen (secondary N) is 1. The molecule has 2 aromatic carbocycles. The second-order valence-corrected chi connectivity index (χ2v) is 9.50. The van der Waals surface area contributed by atoms with Gasteiger partial charge in [0.25, 0.3) is 0 Å². The van der Waals surface area contributed by atoms with Crippen LogP contribution in [0.1, 0.15) is 30.0 Å². The van der Waals surface area contributed by atoms with Gasteiger partial charge in [-0.05, 0) is 41.5 Å². The first-order valence-corrected chi connectivity index (χ1v) is 11.4. The van der Waals surface area contributed by atoms with Gasteiger partial charge in [0.1, 0.15) is 0 Å². The van der Waals surface area contributed by atoms with Gasteiger partial charge in [-0.3, -0.25) is 19.3 Å². The van der Waals surface area contributed by atoms with Gasteiger partial charge in [-0.25, -0.2) is 0 Å². The molecule has 0 spiro atoms. The first kappa shape index (κ1) is 20.2. The van der Waals surface area contributed by atoms with Gasteiger partial charge in [0.05, 0.1) is 24.3 Å². The highest BCUT2D eigenvalue weighted by molar-refractivity contribution is 9.10. The van der Waals surface area contributed by atoms with Gasteiger partial charge in [0.15, 0.2) is 0 Å². The number of fused-ring (bicyclic) bond motifs is 5. The number of carbonyl (C=O) groups excluding carboxylic acids is 3. The number of allylic oxidation sites excluding steroid dienone is 2. The number of benzene rings is 2. The Hall–Kier alpha value is -2.73. The fraction of sp³-hybridized carbons (Fsp3) is 0.320. The van der Waals surface area contributed by atoms with Crippen LogP contribution in [-0.2, 0) is 20.9 Å². The highest BCUT2D eigenvalue weighted by Gasteiger charge is 2.60. The van der Waals surface area contributed by atoms with Crippen LogP contribution in [0.4, 0.5) is 0 Å². The summed E-state index contributed by atoms with van der Waals surface area (Å²) in [6.07, 6.45) is 5.11. The number of nitrogens with zero attached hydrogens (tertiary/aromatic N) is 1. The van der Waals surface area contributed by atoms with Crippen molar-refractivity contribution in [3.05, 3.63) is 82.3 Å². The van der Waals surface area contributed by atoms with Crippen molar-refractivity contribution in [1.29, 1.82) is 0 Å². The second kappa shape index (κ2) is 8.08. The van der Waals surface area contributed by atoms with Crippen molar-refractivity contribution in [2.24, 2.45) is 23.7 Å². The Bertz CT molecular complexity index is 1020. The SMILES string of the molecule is O=C(CC(c1ccc(Br)cc1)N1C(=O)C2C3C=CC(C3)C2C1=O)NCc1ccccc1. The van der Waals surface area contributed by atoms with Crippen molar-refractivity contribution in [1.82, 2.24) is 10.2 Å². The molecule has 1 heterocycles. The van der Waals surface area contributed by atoms with Crippen molar-refractivity contribution in [2.75, 3.05) is 0 Å². The van der Waals surface area contributed by atoms with E-state index >= 15 is 0 Å². The van der Waals surface area contributed by atoms with Crippen molar-refractivity contribution in [3.63, 3.8) is 0 Å². The summed E-state index contributed by atoms with van der Waals surface area (Å²) in [5, 5.41) is 2.93. The normalized spacial score (nSPS) is 26.9. The van der Waals surface area contributed by atoms with Crippen LogP contribution < -0.4 is 5.32 Å². The molecule has 3 aliphatic rings. The molecule has 158 valence electrons. The average Bonchev–Trinajstić information content (AvgIpc) is 3.46. The Morgan fingerprint density at radius 2 is 1.58 bits per heavy atom. The first-order valence-electron chi connectivity index (χ1n) is 10.6. The number of amides is 3. The molecule has 5 unspecified atom stereocenters. The maximum Gasteiger partial charge on any atom is 0.234 e. The molecule has 1 N–H and O–H groups in total. The minimum absolute atomic E-state index is 0.0497. The molecule has 1 saturated heterocycles. The lowest BCUT2D eigenvalue weighted by molar-refractivity contribution is -0.144. The van der Waals surface area contributed by atoms with E-state index in [1.54, 1.807) is 0 Å². The summed E-state index contributed by atoms with van der Waals surface area (Å²) in [7, 11) is 0. The number of hydrogen-bond donors (Lipinski definition) is 1. The highest BCUT2D eigenvalue weighted by atomic mass is 79.9. The van der Waals surface area contributed by atoms with Gasteiger partial charge in [-0.15, -0.1) is 0 Å². The molecule has 0 radical (unpaired) electrons. The topological polar surface area (TPSA) is 66.5 Å². The van der Waals surface area contributed by atoms with Crippen LogP contribution in [0.5, 0.6) is 0 Å². The third-order valence-electron chi connectivity index (χ3n) is 6.78. The number of rotatable bonds is 6. The van der Waals surface area contributed by atoms with Gasteiger partial charge in [-0.2, -0.15) is 0 Å². The first-order chi connectivity index (χ1) is 15.0. The summed E-state index contributed by atoms with van der Waals surface area (Å²) in [5.74, 6) is -0.690. The Balaban J connectivity index is 1.39. The fourth-order valence-corrected chi connectivity index (χ4v) is 5.58. The molecule has 2 aliphatic carbocycles. The van der Waals surface area contributed by atoms with E-state index in [4.69, 9.17) is 0 Å². The summed E-state index contributed by atoms with van der Waals surface area (Å²) >= 11 is 3.43. The molecule has 5 atom stereocenters. The summed E-state index contributed by atoms with van der Waals surface area (Å²) in [6.45, 7) is 0.411. The van der Waals surface area contributed by atoms with E-state index in [-0.39, 0.29) is 47.8 Å². The Labute approximate surface area is 189 Å². The van der Waals surface area contributed by atoms with E-state index < -0.39 is 6.04 Å². The van der Waals surface area contributed by atoms with Crippen LogP contribution in [0.15, 0.2) is 71.2 Å². The number of imide groups is 1. The molecule has 6 heteroatoms. The van der Waals surface area contributed by atoms with Crippen molar-refractivity contribution >= 4 is 33.7 Å². The van der Waals surface area contributed by atoms with Gasteiger partial charge in [-0.1, -0.05) is 70.5 Å². The van der Waals surface area contributed by atoms with Crippen LogP contribution in [0.3, 0.4) is 0 Å². The number of carbonyl (C=O) groups is 3. The maximum absolute atomic E-state index is 13.4. The highest BCUT2D eigenvalue weighted by Crippen LogP contribution is 2.54. The van der Waals surface area contributed by atoms with Crippen LogP contribution in [0, 0.1) is 23.7 Å². The van der Waals surface area contributed by atoms with E-state index in [1.165, 1.54) is 4.90 Å². The molecular formula is C25H23BrN2O3. The van der Waals surface area contributed by atoms with E-state index in [0.29, 0.717) is 6.54 Å². The molecule has 31 heavy (non-hydrogen) atoms. The Kier molecular flexibility index (Phi) is 5.26. The minimum atomic E-state index is -0.603. The average molecular weight is 479 g/mol. The molecule has 5 rings (SSSR count). The quantitative estimate of drug-likeness (QED) is 0.503. The van der Waals surface area contributed by atoms with Gasteiger partial charge >= 0.3 is 0 Å². The zero-order valence-corrected chi connectivity index (χ0v) is 18.5. The Morgan fingerprint density at radius 1 is 0.968 bits per heavy atom. The number of hydrogen-bond acceptors (Lipinski definition) is 3. The van der Waals surface area contributed by atoms with Gasteiger partial charge in [0, 0.05) is 11.0 Å². The molecule has 2 fully saturated rings. The van der Waals surface area contributed by atoms with E-state index in [0.717, 1.165) is 22.0 Å². The van der Waals surface area contributed by atoms with Crippen LogP contribution >= 0.6 is 15.9 Å². The number of likely N-dealkylation sites (tertiary alicyclic amines) is 1. The molecule has 1 saturated carbocycles. The zero-order valence-electron chi connectivity index (χ0n) is 16.9. The summed E-state index contributed by atoms with van der Waals surface area (Å²) < 4.78 is 0.904. The lowest BCUT2D eigenvalue weighted by Gasteiger charge is -2.28. The number of halogens is 1. The standard InChI is InChI=1S/C25H23BrN2O3/c26-19-10-8-16(9-11-19)20(13-21(29)27-14-15-4-2-1-3-5-15)28-24(30)22-17-6-7-18(12-17)23(22)25(28)31/h1-11,17-18,20,22-23H,12-14H2,(H,27,29). The zero-order chi connectivity index (χ0) is 21.5. The van der Waals surface area contributed by atoms with Crippen LogP contribution in [0.2, 0.25) is 0 Å². The molecule has 2 bridgehead atoms. The summed E-state index contributed by atoms with van der Waals surface area (Å²) in [5.41, 5.74) is 1.79. The third kappa shape index (κ3) is 3.63. The lowest BCUT2D eigenvalue weighted by Crippen LogP contribution is -2.39. The summed E-state index contributed by atoms with van der Waals surface area (Å²) in [4.78, 5) is 40.9. The smallest absolute Gasteiger partial charge is 0.234 e. The van der Waals surface area contributed by atoms with Gasteiger partial charge < -0.3 is 5.32 Å². The Morgan fingerprint density at radius 3 is 2.19 bits per heavy atom. The monoisotopic (exact) mass is 478 g/mol.